The molecule has 2 rings (SSSR count). The smallest absolute Gasteiger partial charge is 0.143 e. The molecule has 1 aromatic carbocycles. The van der Waals surface area contributed by atoms with Crippen molar-refractivity contribution in [3.05, 3.63) is 35.4 Å². The van der Waals surface area contributed by atoms with Gasteiger partial charge in [0.25, 0.3) is 0 Å². The summed E-state index contributed by atoms with van der Waals surface area (Å²) in [6.45, 7) is 0. The highest BCUT2D eigenvalue weighted by Crippen LogP contribution is 2.22. The van der Waals surface area contributed by atoms with Gasteiger partial charge in [-0.3, -0.25) is 5.43 Å². The lowest BCUT2D eigenvalue weighted by Crippen LogP contribution is -2.16. The van der Waals surface area contributed by atoms with Crippen LogP contribution in [0.25, 0.3) is 0 Å². The van der Waals surface area contributed by atoms with Crippen molar-refractivity contribution in [3.8, 4) is 0 Å². The molecule has 0 spiro atoms. The number of fused-ring (bicyclic) bond motifs is 1. The molecule has 1 unspecified atom stereocenters. The lowest BCUT2D eigenvalue weighted by atomic mass is 10.1. The van der Waals surface area contributed by atoms with Gasteiger partial charge in [0.2, 0.25) is 0 Å². The molecule has 0 aliphatic carbocycles. The SMILES string of the molecule is ClC1NN=Cc2ccccc21. The van der Waals surface area contributed by atoms with Crippen LogP contribution in [0.2, 0.25) is 0 Å². The summed E-state index contributed by atoms with van der Waals surface area (Å²) in [5.74, 6) is 0. The van der Waals surface area contributed by atoms with Crippen molar-refractivity contribution in [1.82, 2.24) is 5.43 Å². The predicted molar refractivity (Wildman–Crippen MR) is 45.8 cm³/mol. The van der Waals surface area contributed by atoms with Gasteiger partial charge in [-0.05, 0) is 5.56 Å². The number of hydrogen-bond acceptors (Lipinski definition) is 2. The van der Waals surface area contributed by atoms with Crippen molar-refractivity contribution < 1.29 is 0 Å². The number of alkyl halides is 1. The Bertz CT molecular complexity index is 296. The maximum atomic E-state index is 5.92. The molecule has 0 radical (unpaired) electrons. The summed E-state index contributed by atoms with van der Waals surface area (Å²) in [5, 5.41) is 3.89. The molecule has 1 aliphatic heterocycles. The van der Waals surface area contributed by atoms with Crippen LogP contribution in [0, 0.1) is 0 Å². The average Bonchev–Trinajstić information content (AvgIpc) is 2.06. The molecule has 2 nitrogen and oxygen atoms in total. The molecule has 3 heteroatoms. The fourth-order valence-corrected chi connectivity index (χ4v) is 1.36. The van der Waals surface area contributed by atoms with E-state index in [2.05, 4.69) is 10.5 Å². The van der Waals surface area contributed by atoms with Crippen molar-refractivity contribution in [2.75, 3.05) is 0 Å². The molecule has 1 atom stereocenters. The highest BCUT2D eigenvalue weighted by Gasteiger charge is 2.12. The van der Waals surface area contributed by atoms with Crippen molar-refractivity contribution in [2.24, 2.45) is 5.10 Å². The second kappa shape index (κ2) is 2.55. The minimum absolute atomic E-state index is 0.184. The number of nitrogens with one attached hydrogen (secondary N) is 1. The molecular formula is C8H7ClN2. The Hall–Kier alpha value is -1.02. The molecule has 1 heterocycles. The van der Waals surface area contributed by atoms with Gasteiger partial charge in [0, 0.05) is 5.56 Å². The van der Waals surface area contributed by atoms with Crippen molar-refractivity contribution in [1.29, 1.82) is 0 Å². The third-order valence-corrected chi connectivity index (χ3v) is 1.99. The number of rotatable bonds is 0. The van der Waals surface area contributed by atoms with Crippen LogP contribution in [0.4, 0.5) is 0 Å². The van der Waals surface area contributed by atoms with Crippen molar-refractivity contribution >= 4 is 17.8 Å². The number of halogens is 1. The number of benzene rings is 1. The van der Waals surface area contributed by atoms with Crippen LogP contribution in [0.5, 0.6) is 0 Å². The van der Waals surface area contributed by atoms with E-state index < -0.39 is 0 Å². The summed E-state index contributed by atoms with van der Waals surface area (Å²) >= 11 is 5.92. The predicted octanol–water partition coefficient (Wildman–Crippen LogP) is 1.86. The maximum absolute atomic E-state index is 5.92. The number of hydrogen-bond donors (Lipinski definition) is 1. The number of hydrazone groups is 1. The summed E-state index contributed by atoms with van der Waals surface area (Å²) in [4.78, 5) is 0. The van der Waals surface area contributed by atoms with E-state index >= 15 is 0 Å². The molecule has 0 amide bonds. The molecule has 0 fully saturated rings. The van der Waals surface area contributed by atoms with E-state index in [1.54, 1.807) is 6.21 Å². The first-order chi connectivity index (χ1) is 5.38. The van der Waals surface area contributed by atoms with Crippen LogP contribution >= 0.6 is 11.6 Å². The molecule has 56 valence electrons. The van der Waals surface area contributed by atoms with Gasteiger partial charge in [-0.2, -0.15) is 5.10 Å². The monoisotopic (exact) mass is 166 g/mol. The van der Waals surface area contributed by atoms with Crippen LogP contribution in [-0.2, 0) is 0 Å². The minimum atomic E-state index is -0.184. The van der Waals surface area contributed by atoms with Gasteiger partial charge in [0.15, 0.2) is 0 Å². The second-order valence-corrected chi connectivity index (χ2v) is 2.82. The van der Waals surface area contributed by atoms with Crippen LogP contribution in [0.3, 0.4) is 0 Å². The van der Waals surface area contributed by atoms with Crippen LogP contribution in [-0.4, -0.2) is 6.21 Å². The van der Waals surface area contributed by atoms with Gasteiger partial charge >= 0.3 is 0 Å². The van der Waals surface area contributed by atoms with Gasteiger partial charge in [-0.1, -0.05) is 35.9 Å². The van der Waals surface area contributed by atoms with Gasteiger partial charge in [-0.25, -0.2) is 0 Å². The van der Waals surface area contributed by atoms with Gasteiger partial charge < -0.3 is 0 Å². The first-order valence-electron chi connectivity index (χ1n) is 3.39. The summed E-state index contributed by atoms with van der Waals surface area (Å²) < 4.78 is 0. The lowest BCUT2D eigenvalue weighted by Gasteiger charge is -2.15. The Morgan fingerprint density at radius 2 is 2.18 bits per heavy atom. The minimum Gasteiger partial charge on any atom is -0.288 e. The third kappa shape index (κ3) is 1.10. The first-order valence-corrected chi connectivity index (χ1v) is 3.83. The maximum Gasteiger partial charge on any atom is 0.143 e. The van der Waals surface area contributed by atoms with E-state index in [1.165, 1.54) is 0 Å². The zero-order chi connectivity index (χ0) is 7.68. The summed E-state index contributed by atoms with van der Waals surface area (Å²) in [5.41, 5.74) is 4.77. The zero-order valence-electron chi connectivity index (χ0n) is 5.79. The highest BCUT2D eigenvalue weighted by molar-refractivity contribution is 6.21. The lowest BCUT2D eigenvalue weighted by molar-refractivity contribution is 0.707. The Balaban J connectivity index is 2.54. The Morgan fingerprint density at radius 3 is 3.00 bits per heavy atom. The van der Waals surface area contributed by atoms with Crippen LogP contribution in [0.15, 0.2) is 29.4 Å². The molecule has 1 N–H and O–H groups in total. The highest BCUT2D eigenvalue weighted by atomic mass is 35.5. The Kier molecular flexibility index (Phi) is 1.55. The molecule has 11 heavy (non-hydrogen) atoms. The van der Waals surface area contributed by atoms with E-state index in [1.807, 2.05) is 24.3 Å². The Labute approximate surface area is 69.9 Å². The average molecular weight is 167 g/mol. The normalized spacial score (nSPS) is 20.6. The van der Waals surface area contributed by atoms with E-state index in [0.717, 1.165) is 11.1 Å². The van der Waals surface area contributed by atoms with Gasteiger partial charge in [0.05, 0.1) is 6.21 Å². The standard InChI is InChI=1S/C8H7ClN2/c9-8-7-4-2-1-3-6(7)5-10-11-8/h1-5,8,11H. The van der Waals surface area contributed by atoms with E-state index in [0.29, 0.717) is 0 Å². The van der Waals surface area contributed by atoms with Gasteiger partial charge in [0.1, 0.15) is 5.50 Å². The molecule has 0 bridgehead atoms. The van der Waals surface area contributed by atoms with Crippen molar-refractivity contribution in [2.45, 2.75) is 5.50 Å². The van der Waals surface area contributed by atoms with E-state index in [4.69, 9.17) is 11.6 Å². The molecule has 0 aromatic heterocycles. The summed E-state index contributed by atoms with van der Waals surface area (Å²) in [6.07, 6.45) is 1.77. The second-order valence-electron chi connectivity index (χ2n) is 2.38. The van der Waals surface area contributed by atoms with E-state index in [-0.39, 0.29) is 5.50 Å². The van der Waals surface area contributed by atoms with Gasteiger partial charge in [-0.15, -0.1) is 0 Å². The third-order valence-electron chi connectivity index (χ3n) is 1.66. The zero-order valence-corrected chi connectivity index (χ0v) is 6.55. The summed E-state index contributed by atoms with van der Waals surface area (Å²) in [7, 11) is 0. The molecule has 0 saturated heterocycles. The molecule has 1 aromatic rings. The van der Waals surface area contributed by atoms with Crippen molar-refractivity contribution in [3.63, 3.8) is 0 Å². The largest absolute Gasteiger partial charge is 0.288 e. The Morgan fingerprint density at radius 1 is 1.36 bits per heavy atom. The summed E-state index contributed by atoms with van der Waals surface area (Å²) in [6, 6.07) is 7.93. The van der Waals surface area contributed by atoms with Crippen LogP contribution < -0.4 is 5.43 Å². The number of nitrogens with zero attached hydrogens (tertiary/aromatic N) is 1. The fourth-order valence-electron chi connectivity index (χ4n) is 1.10. The molecule has 0 saturated carbocycles. The van der Waals surface area contributed by atoms with E-state index in [9.17, 15) is 0 Å². The first kappa shape index (κ1) is 6.68. The molecular weight excluding hydrogens is 160 g/mol. The van der Waals surface area contributed by atoms with Crippen LogP contribution in [0.1, 0.15) is 16.6 Å². The quantitative estimate of drug-likeness (QED) is 0.462. The fraction of sp³-hybridized carbons (Fsp3) is 0.125. The topological polar surface area (TPSA) is 24.4 Å². The molecule has 1 aliphatic rings.